The Morgan fingerprint density at radius 2 is 2.00 bits per heavy atom. The number of nitrogens with zero attached hydrogens (tertiary/aromatic N) is 2. The molecule has 0 bridgehead atoms. The van der Waals surface area contributed by atoms with Crippen molar-refractivity contribution < 1.29 is 18.0 Å². The maximum Gasteiger partial charge on any atom is 0.416 e. The Hall–Kier alpha value is -2.29. The van der Waals surface area contributed by atoms with E-state index < -0.39 is 17.5 Å². The Labute approximate surface area is 108 Å². The SMILES string of the molecule is CN(C)C=C(C#N)C(=O)c1cccc(C(F)(F)F)c1. The number of halogens is 3. The van der Waals surface area contributed by atoms with Gasteiger partial charge in [-0.05, 0) is 12.1 Å². The fourth-order valence-corrected chi connectivity index (χ4v) is 1.39. The minimum atomic E-state index is -4.52. The summed E-state index contributed by atoms with van der Waals surface area (Å²) in [5, 5.41) is 8.85. The van der Waals surface area contributed by atoms with Gasteiger partial charge in [-0.15, -0.1) is 0 Å². The lowest BCUT2D eigenvalue weighted by atomic mass is 10.0. The van der Waals surface area contributed by atoms with Crippen molar-refractivity contribution in [3.05, 3.63) is 47.2 Å². The lowest BCUT2D eigenvalue weighted by molar-refractivity contribution is -0.137. The van der Waals surface area contributed by atoms with Gasteiger partial charge in [0.2, 0.25) is 5.78 Å². The number of nitriles is 1. The molecule has 0 atom stereocenters. The first-order chi connectivity index (χ1) is 8.75. The van der Waals surface area contributed by atoms with Gasteiger partial charge in [0.25, 0.3) is 0 Å². The van der Waals surface area contributed by atoms with Crippen LogP contribution in [-0.4, -0.2) is 24.8 Å². The summed E-state index contributed by atoms with van der Waals surface area (Å²) in [7, 11) is 3.22. The van der Waals surface area contributed by atoms with E-state index in [1.165, 1.54) is 17.2 Å². The fourth-order valence-electron chi connectivity index (χ4n) is 1.39. The van der Waals surface area contributed by atoms with Crippen LogP contribution in [0.5, 0.6) is 0 Å². The summed E-state index contributed by atoms with van der Waals surface area (Å²) in [6, 6.07) is 5.68. The standard InChI is InChI=1S/C13H11F3N2O/c1-18(2)8-10(7-17)12(19)9-4-3-5-11(6-9)13(14,15)16/h3-6,8H,1-2H3. The van der Waals surface area contributed by atoms with Crippen LogP contribution in [0.15, 0.2) is 36.0 Å². The van der Waals surface area contributed by atoms with Crippen molar-refractivity contribution >= 4 is 5.78 Å². The van der Waals surface area contributed by atoms with E-state index in [1.54, 1.807) is 20.2 Å². The van der Waals surface area contributed by atoms with E-state index >= 15 is 0 Å². The summed E-state index contributed by atoms with van der Waals surface area (Å²) in [5.41, 5.74) is -1.30. The van der Waals surface area contributed by atoms with Gasteiger partial charge in [0.05, 0.1) is 5.56 Å². The van der Waals surface area contributed by atoms with Crippen molar-refractivity contribution in [2.24, 2.45) is 0 Å². The number of alkyl halides is 3. The topological polar surface area (TPSA) is 44.1 Å². The zero-order chi connectivity index (χ0) is 14.6. The van der Waals surface area contributed by atoms with Crippen molar-refractivity contribution in [1.29, 1.82) is 5.26 Å². The molecule has 0 heterocycles. The number of allylic oxidation sites excluding steroid dienone is 1. The molecule has 1 rings (SSSR count). The van der Waals surface area contributed by atoms with Gasteiger partial charge in [0.1, 0.15) is 11.6 Å². The van der Waals surface area contributed by atoms with Crippen LogP contribution in [0.25, 0.3) is 0 Å². The molecule has 0 saturated carbocycles. The summed E-state index contributed by atoms with van der Waals surface area (Å²) in [6.45, 7) is 0. The second kappa shape index (κ2) is 5.57. The second-order valence-corrected chi connectivity index (χ2v) is 4.03. The average molecular weight is 268 g/mol. The van der Waals surface area contributed by atoms with Crippen LogP contribution in [0, 0.1) is 11.3 Å². The van der Waals surface area contributed by atoms with Crippen LogP contribution in [0.1, 0.15) is 15.9 Å². The monoisotopic (exact) mass is 268 g/mol. The molecular formula is C13H11F3N2O. The molecule has 0 saturated heterocycles. The zero-order valence-electron chi connectivity index (χ0n) is 10.3. The van der Waals surface area contributed by atoms with Gasteiger partial charge in [0.15, 0.2) is 0 Å². The first-order valence-corrected chi connectivity index (χ1v) is 5.26. The third-order valence-corrected chi connectivity index (χ3v) is 2.20. The molecule has 3 nitrogen and oxygen atoms in total. The number of carbonyl (C=O) groups is 1. The average Bonchev–Trinajstić information content (AvgIpc) is 2.34. The maximum atomic E-state index is 12.5. The molecule has 0 aliphatic carbocycles. The first-order valence-electron chi connectivity index (χ1n) is 5.26. The molecule has 0 aliphatic heterocycles. The van der Waals surface area contributed by atoms with E-state index in [0.717, 1.165) is 18.2 Å². The third kappa shape index (κ3) is 3.85. The molecule has 19 heavy (non-hydrogen) atoms. The number of hydrogen-bond acceptors (Lipinski definition) is 3. The van der Waals surface area contributed by atoms with E-state index in [4.69, 9.17) is 5.26 Å². The Morgan fingerprint density at radius 1 is 1.37 bits per heavy atom. The fraction of sp³-hybridized carbons (Fsp3) is 0.231. The number of ketones is 1. The minimum absolute atomic E-state index is 0.163. The van der Waals surface area contributed by atoms with E-state index in [0.29, 0.717) is 0 Å². The molecule has 0 amide bonds. The van der Waals surface area contributed by atoms with Crippen LogP contribution in [-0.2, 0) is 6.18 Å². The highest BCUT2D eigenvalue weighted by atomic mass is 19.4. The van der Waals surface area contributed by atoms with Crippen molar-refractivity contribution in [2.45, 2.75) is 6.18 Å². The highest BCUT2D eigenvalue weighted by Crippen LogP contribution is 2.29. The molecule has 0 aromatic heterocycles. The van der Waals surface area contributed by atoms with Crippen molar-refractivity contribution in [1.82, 2.24) is 4.90 Å². The lowest BCUT2D eigenvalue weighted by Gasteiger charge is -2.09. The Kier molecular flexibility index (Phi) is 4.33. The van der Waals surface area contributed by atoms with E-state index in [9.17, 15) is 18.0 Å². The van der Waals surface area contributed by atoms with Crippen molar-refractivity contribution in [2.75, 3.05) is 14.1 Å². The summed E-state index contributed by atoms with van der Waals surface area (Å²) in [5.74, 6) is -0.734. The van der Waals surface area contributed by atoms with Crippen LogP contribution in [0.4, 0.5) is 13.2 Å². The molecule has 0 fully saturated rings. The largest absolute Gasteiger partial charge is 0.416 e. The third-order valence-electron chi connectivity index (χ3n) is 2.20. The van der Waals surface area contributed by atoms with Gasteiger partial charge in [-0.2, -0.15) is 18.4 Å². The van der Waals surface area contributed by atoms with Gasteiger partial charge >= 0.3 is 6.18 Å². The van der Waals surface area contributed by atoms with E-state index in [2.05, 4.69) is 0 Å². The molecule has 0 N–H and O–H groups in total. The highest BCUT2D eigenvalue weighted by molar-refractivity contribution is 6.11. The molecule has 0 radical (unpaired) electrons. The van der Waals surface area contributed by atoms with E-state index in [1.807, 2.05) is 0 Å². The van der Waals surface area contributed by atoms with Gasteiger partial charge in [-0.25, -0.2) is 0 Å². The van der Waals surface area contributed by atoms with Gasteiger partial charge in [0, 0.05) is 25.9 Å². The van der Waals surface area contributed by atoms with Gasteiger partial charge in [-0.3, -0.25) is 4.79 Å². The second-order valence-electron chi connectivity index (χ2n) is 4.03. The first kappa shape index (κ1) is 14.8. The summed E-state index contributed by atoms with van der Waals surface area (Å²) < 4.78 is 37.6. The Bertz CT molecular complexity index is 554. The summed E-state index contributed by atoms with van der Waals surface area (Å²) >= 11 is 0. The predicted octanol–water partition coefficient (Wildman–Crippen LogP) is 2.86. The summed E-state index contributed by atoms with van der Waals surface area (Å²) in [4.78, 5) is 13.4. The molecule has 0 aliphatic rings. The Balaban J connectivity index is 3.18. The molecule has 0 unspecified atom stereocenters. The van der Waals surface area contributed by atoms with Crippen LogP contribution in [0.3, 0.4) is 0 Å². The highest BCUT2D eigenvalue weighted by Gasteiger charge is 2.31. The van der Waals surface area contributed by atoms with Gasteiger partial charge < -0.3 is 4.90 Å². The Morgan fingerprint density at radius 3 is 2.47 bits per heavy atom. The lowest BCUT2D eigenvalue weighted by Crippen LogP contribution is -2.11. The van der Waals surface area contributed by atoms with Crippen molar-refractivity contribution in [3.63, 3.8) is 0 Å². The number of carbonyl (C=O) groups excluding carboxylic acids is 1. The number of benzene rings is 1. The normalized spacial score (nSPS) is 11.9. The van der Waals surface area contributed by atoms with E-state index in [-0.39, 0.29) is 11.1 Å². The molecule has 6 heteroatoms. The van der Waals surface area contributed by atoms with Crippen LogP contribution >= 0.6 is 0 Å². The molecule has 100 valence electrons. The molecule has 1 aromatic rings. The predicted molar refractivity (Wildman–Crippen MR) is 63.2 cm³/mol. The molecule has 0 spiro atoms. The number of Topliss-reactive ketones (excluding diaryl/α,β-unsaturated/α-hetero) is 1. The minimum Gasteiger partial charge on any atom is -0.382 e. The summed E-state index contributed by atoms with van der Waals surface area (Å²) in [6.07, 6.45) is -3.25. The smallest absolute Gasteiger partial charge is 0.382 e. The number of hydrogen-bond donors (Lipinski definition) is 0. The van der Waals surface area contributed by atoms with Crippen LogP contribution < -0.4 is 0 Å². The van der Waals surface area contributed by atoms with Crippen LogP contribution in [0.2, 0.25) is 0 Å². The van der Waals surface area contributed by atoms with Crippen molar-refractivity contribution in [3.8, 4) is 6.07 Å². The van der Waals surface area contributed by atoms with Gasteiger partial charge in [-0.1, -0.05) is 12.1 Å². The zero-order valence-corrected chi connectivity index (χ0v) is 10.3. The molecular weight excluding hydrogens is 257 g/mol. The molecule has 1 aromatic carbocycles. The number of rotatable bonds is 3. The maximum absolute atomic E-state index is 12.5. The quantitative estimate of drug-likeness (QED) is 0.481.